The van der Waals surface area contributed by atoms with E-state index in [0.29, 0.717) is 24.6 Å². The predicted molar refractivity (Wildman–Crippen MR) is 81.5 cm³/mol. The highest BCUT2D eigenvalue weighted by atomic mass is 19.1. The summed E-state index contributed by atoms with van der Waals surface area (Å²) >= 11 is 0. The Morgan fingerprint density at radius 3 is 2.96 bits per heavy atom. The first kappa shape index (κ1) is 15.6. The zero-order valence-electron chi connectivity index (χ0n) is 12.7. The third kappa shape index (κ3) is 3.57. The Kier molecular flexibility index (Phi) is 4.68. The van der Waals surface area contributed by atoms with Crippen LogP contribution in [0.15, 0.2) is 30.3 Å². The number of rotatable bonds is 4. The molecular formula is C16H18FN3O3. The number of H-pyrrole nitrogens is 1. The summed E-state index contributed by atoms with van der Waals surface area (Å²) in [4.78, 5) is 12.3. The van der Waals surface area contributed by atoms with Crippen LogP contribution in [0, 0.1) is 5.82 Å². The van der Waals surface area contributed by atoms with Crippen LogP contribution in [0.1, 0.15) is 16.9 Å². The number of methoxy groups -OCH3 is 1. The van der Waals surface area contributed by atoms with E-state index in [9.17, 15) is 9.18 Å². The number of hydrogen-bond donors (Lipinski definition) is 2. The van der Waals surface area contributed by atoms with Crippen LogP contribution >= 0.6 is 0 Å². The molecule has 1 aliphatic rings. The third-order valence-electron chi connectivity index (χ3n) is 3.87. The third-order valence-corrected chi connectivity index (χ3v) is 3.87. The summed E-state index contributed by atoms with van der Waals surface area (Å²) in [6.45, 7) is 1.05. The van der Waals surface area contributed by atoms with Gasteiger partial charge in [-0.05, 0) is 36.8 Å². The fourth-order valence-electron chi connectivity index (χ4n) is 2.59. The van der Waals surface area contributed by atoms with Crippen molar-refractivity contribution in [3.05, 3.63) is 41.8 Å². The highest BCUT2D eigenvalue weighted by Crippen LogP contribution is 2.18. The summed E-state index contributed by atoms with van der Waals surface area (Å²) in [6, 6.07) is 7.37. The van der Waals surface area contributed by atoms with Crippen molar-refractivity contribution >= 4 is 5.91 Å². The minimum Gasteiger partial charge on any atom is -0.379 e. The molecule has 122 valence electrons. The second-order valence-electron chi connectivity index (χ2n) is 5.39. The van der Waals surface area contributed by atoms with Gasteiger partial charge in [0.2, 0.25) is 0 Å². The normalized spacial score (nSPS) is 21.1. The van der Waals surface area contributed by atoms with Crippen molar-refractivity contribution in [1.29, 1.82) is 0 Å². The standard InChI is InChI=1S/C16H18FN3O3/c1-22-15-6-7-23-9-14(15)18-16(21)13-8-12(19-20-13)10-2-4-11(17)5-3-10/h2-5,8,14-15H,6-7,9H2,1H3,(H,18,21)(H,19,20)/t14-,15-/m1/s1. The number of hydrogen-bond acceptors (Lipinski definition) is 4. The molecule has 23 heavy (non-hydrogen) atoms. The molecule has 3 rings (SSSR count). The number of carbonyl (C=O) groups excluding carboxylic acids is 1. The molecule has 0 radical (unpaired) electrons. The summed E-state index contributed by atoms with van der Waals surface area (Å²) < 4.78 is 23.7. The lowest BCUT2D eigenvalue weighted by atomic mass is 10.1. The average molecular weight is 319 g/mol. The van der Waals surface area contributed by atoms with E-state index in [4.69, 9.17) is 9.47 Å². The summed E-state index contributed by atoms with van der Waals surface area (Å²) in [5.74, 6) is -0.589. The Morgan fingerprint density at radius 1 is 1.43 bits per heavy atom. The SMILES string of the molecule is CO[C@@H]1CCOC[C@H]1NC(=O)c1cc(-c2ccc(F)cc2)n[nH]1. The van der Waals surface area contributed by atoms with E-state index >= 15 is 0 Å². The highest BCUT2D eigenvalue weighted by molar-refractivity contribution is 5.93. The molecule has 2 N–H and O–H groups in total. The molecule has 1 amide bonds. The summed E-state index contributed by atoms with van der Waals surface area (Å²) in [6.07, 6.45) is 0.679. The number of nitrogens with one attached hydrogen (secondary N) is 2. The first-order valence-corrected chi connectivity index (χ1v) is 7.40. The zero-order valence-corrected chi connectivity index (χ0v) is 12.7. The number of amides is 1. The van der Waals surface area contributed by atoms with E-state index in [0.717, 1.165) is 12.0 Å². The lowest BCUT2D eigenvalue weighted by molar-refractivity contribution is -0.0349. The number of aromatic amines is 1. The van der Waals surface area contributed by atoms with E-state index in [1.54, 1.807) is 25.3 Å². The molecule has 1 saturated heterocycles. The first-order chi connectivity index (χ1) is 11.2. The van der Waals surface area contributed by atoms with Crippen LogP contribution < -0.4 is 5.32 Å². The minimum absolute atomic E-state index is 0.0628. The van der Waals surface area contributed by atoms with Crippen molar-refractivity contribution in [2.45, 2.75) is 18.6 Å². The van der Waals surface area contributed by atoms with E-state index < -0.39 is 0 Å². The molecule has 1 aromatic carbocycles. The van der Waals surface area contributed by atoms with Gasteiger partial charge in [-0.25, -0.2) is 4.39 Å². The van der Waals surface area contributed by atoms with Gasteiger partial charge in [0.05, 0.1) is 24.4 Å². The van der Waals surface area contributed by atoms with Crippen molar-refractivity contribution in [3.8, 4) is 11.3 Å². The van der Waals surface area contributed by atoms with E-state index in [1.807, 2.05) is 0 Å². The molecule has 1 aliphatic heterocycles. The zero-order chi connectivity index (χ0) is 16.2. The van der Waals surface area contributed by atoms with Crippen LogP contribution in [-0.2, 0) is 9.47 Å². The molecule has 1 aromatic heterocycles. The Labute approximate surface area is 133 Å². The monoisotopic (exact) mass is 319 g/mol. The number of carbonyl (C=O) groups is 1. The Bertz CT molecular complexity index is 671. The summed E-state index contributed by atoms with van der Waals surface area (Å²) in [5, 5.41) is 9.69. The molecule has 0 aliphatic carbocycles. The van der Waals surface area contributed by atoms with Crippen molar-refractivity contribution in [1.82, 2.24) is 15.5 Å². The van der Waals surface area contributed by atoms with Gasteiger partial charge in [0, 0.05) is 19.3 Å². The lowest BCUT2D eigenvalue weighted by Crippen LogP contribution is -2.50. The van der Waals surface area contributed by atoms with Gasteiger partial charge in [-0.15, -0.1) is 0 Å². The largest absolute Gasteiger partial charge is 0.379 e. The number of benzene rings is 1. The number of aromatic nitrogens is 2. The van der Waals surface area contributed by atoms with Crippen LogP contribution in [0.4, 0.5) is 4.39 Å². The first-order valence-electron chi connectivity index (χ1n) is 7.40. The van der Waals surface area contributed by atoms with Gasteiger partial charge < -0.3 is 14.8 Å². The van der Waals surface area contributed by atoms with Gasteiger partial charge in [0.15, 0.2) is 0 Å². The molecule has 1 fully saturated rings. The molecule has 2 atom stereocenters. The topological polar surface area (TPSA) is 76.2 Å². The second kappa shape index (κ2) is 6.89. The van der Waals surface area contributed by atoms with Crippen LogP contribution in [0.3, 0.4) is 0 Å². The number of halogens is 1. The van der Waals surface area contributed by atoms with E-state index in [-0.39, 0.29) is 23.9 Å². The molecule has 0 spiro atoms. The van der Waals surface area contributed by atoms with Gasteiger partial charge in [-0.3, -0.25) is 9.89 Å². The van der Waals surface area contributed by atoms with Gasteiger partial charge in [-0.2, -0.15) is 5.10 Å². The van der Waals surface area contributed by atoms with Crippen LogP contribution in [0.5, 0.6) is 0 Å². The average Bonchev–Trinajstić information content (AvgIpc) is 3.06. The predicted octanol–water partition coefficient (Wildman–Crippen LogP) is 1.75. The van der Waals surface area contributed by atoms with Gasteiger partial charge in [-0.1, -0.05) is 0 Å². The molecule has 0 saturated carbocycles. The van der Waals surface area contributed by atoms with Gasteiger partial charge in [0.1, 0.15) is 11.5 Å². The van der Waals surface area contributed by atoms with Crippen LogP contribution in [0.2, 0.25) is 0 Å². The molecule has 6 nitrogen and oxygen atoms in total. The molecular weight excluding hydrogens is 301 g/mol. The Morgan fingerprint density at radius 2 is 2.22 bits per heavy atom. The van der Waals surface area contributed by atoms with E-state index in [2.05, 4.69) is 15.5 Å². The number of ether oxygens (including phenoxy) is 2. The maximum atomic E-state index is 13.0. The molecule has 7 heteroatoms. The molecule has 2 heterocycles. The Balaban J connectivity index is 1.69. The van der Waals surface area contributed by atoms with Crippen LogP contribution in [0.25, 0.3) is 11.3 Å². The maximum Gasteiger partial charge on any atom is 0.269 e. The summed E-state index contributed by atoms with van der Waals surface area (Å²) in [7, 11) is 1.62. The van der Waals surface area contributed by atoms with Crippen LogP contribution in [-0.4, -0.2) is 48.6 Å². The second-order valence-corrected chi connectivity index (χ2v) is 5.39. The lowest BCUT2D eigenvalue weighted by Gasteiger charge is -2.30. The molecule has 0 bridgehead atoms. The van der Waals surface area contributed by atoms with Crippen molar-refractivity contribution < 1.29 is 18.7 Å². The van der Waals surface area contributed by atoms with Gasteiger partial charge in [0.25, 0.3) is 5.91 Å². The molecule has 2 aromatic rings. The minimum atomic E-state index is -0.315. The fourth-order valence-corrected chi connectivity index (χ4v) is 2.59. The van der Waals surface area contributed by atoms with E-state index in [1.165, 1.54) is 12.1 Å². The smallest absolute Gasteiger partial charge is 0.269 e. The maximum absolute atomic E-state index is 13.0. The fraction of sp³-hybridized carbons (Fsp3) is 0.375. The number of nitrogens with zero attached hydrogens (tertiary/aromatic N) is 1. The molecule has 0 unspecified atom stereocenters. The Hall–Kier alpha value is -2.25. The van der Waals surface area contributed by atoms with Gasteiger partial charge >= 0.3 is 0 Å². The van der Waals surface area contributed by atoms with Crippen molar-refractivity contribution in [2.75, 3.05) is 20.3 Å². The quantitative estimate of drug-likeness (QED) is 0.900. The highest BCUT2D eigenvalue weighted by Gasteiger charge is 2.27. The van der Waals surface area contributed by atoms with Crippen molar-refractivity contribution in [3.63, 3.8) is 0 Å². The summed E-state index contributed by atoms with van der Waals surface area (Å²) in [5.41, 5.74) is 1.65. The van der Waals surface area contributed by atoms with Crippen molar-refractivity contribution in [2.24, 2.45) is 0 Å².